The van der Waals surface area contributed by atoms with Gasteiger partial charge in [0.05, 0.1) is 13.4 Å². The van der Waals surface area contributed by atoms with Crippen molar-refractivity contribution in [1.29, 1.82) is 0 Å². The van der Waals surface area contributed by atoms with Crippen LogP contribution in [0, 0.1) is 0 Å². The number of rotatable bonds is 7. The Labute approximate surface area is 166 Å². The van der Waals surface area contributed by atoms with Crippen molar-refractivity contribution in [1.82, 2.24) is 24.8 Å². The quantitative estimate of drug-likeness (QED) is 0.529. The maximum Gasteiger partial charge on any atom is 0.328 e. The van der Waals surface area contributed by atoms with Gasteiger partial charge < -0.3 is 29.9 Å². The van der Waals surface area contributed by atoms with Crippen LogP contribution < -0.4 is 15.0 Å². The van der Waals surface area contributed by atoms with Crippen molar-refractivity contribution in [2.45, 2.75) is 13.7 Å². The maximum atomic E-state index is 9.55. The van der Waals surface area contributed by atoms with Gasteiger partial charge in [-0.25, -0.2) is 14.6 Å². The van der Waals surface area contributed by atoms with Crippen molar-refractivity contribution in [3.05, 3.63) is 18.5 Å². The predicted octanol–water partition coefficient (Wildman–Crippen LogP) is -0.0497. The zero-order valence-corrected chi connectivity index (χ0v) is 16.2. The number of fused-ring (bicyclic) bond motifs is 1. The lowest BCUT2D eigenvalue weighted by Gasteiger charge is -2.28. The Hall–Kier alpha value is -3.25. The number of anilines is 1. The molecule has 12 nitrogen and oxygen atoms in total. The summed E-state index contributed by atoms with van der Waals surface area (Å²) in [5.41, 5.74) is 1.53. The fourth-order valence-corrected chi connectivity index (χ4v) is 2.53. The van der Waals surface area contributed by atoms with E-state index in [1.165, 1.54) is 0 Å². The fourth-order valence-electron chi connectivity index (χ4n) is 2.53. The van der Waals surface area contributed by atoms with Crippen molar-refractivity contribution < 1.29 is 29.3 Å². The monoisotopic (exact) mass is 408 g/mol. The highest BCUT2D eigenvalue weighted by molar-refractivity contribution is 5.89. The molecule has 1 fully saturated rings. The Bertz CT molecular complexity index is 845. The van der Waals surface area contributed by atoms with Gasteiger partial charge in [0.15, 0.2) is 17.0 Å². The molecule has 0 unspecified atom stereocenters. The molecule has 3 rings (SSSR count). The summed E-state index contributed by atoms with van der Waals surface area (Å²) in [6, 6.07) is 0.356. The zero-order chi connectivity index (χ0) is 21.2. The van der Waals surface area contributed by atoms with E-state index >= 15 is 0 Å². The SMILES string of the molecule is CCOCn1cnc2c(N3CCNCC3)nc(OC)nc21.O=C(O)/C=C\C(=O)O. The Morgan fingerprint density at radius 1 is 1.21 bits per heavy atom. The number of hydrogen-bond acceptors (Lipinski definition) is 9. The minimum Gasteiger partial charge on any atom is -0.478 e. The van der Waals surface area contributed by atoms with Crippen LogP contribution in [0.4, 0.5) is 5.82 Å². The Morgan fingerprint density at radius 3 is 2.41 bits per heavy atom. The first-order valence-corrected chi connectivity index (χ1v) is 8.90. The minimum atomic E-state index is -1.26. The van der Waals surface area contributed by atoms with Crippen LogP contribution in [0.15, 0.2) is 18.5 Å². The van der Waals surface area contributed by atoms with E-state index in [4.69, 9.17) is 19.7 Å². The first-order valence-electron chi connectivity index (χ1n) is 8.90. The Balaban J connectivity index is 0.000000321. The highest BCUT2D eigenvalue weighted by Gasteiger charge is 2.20. The number of carboxylic acids is 2. The smallest absolute Gasteiger partial charge is 0.328 e. The van der Waals surface area contributed by atoms with E-state index in [0.29, 0.717) is 31.5 Å². The molecule has 0 aromatic carbocycles. The molecule has 0 amide bonds. The van der Waals surface area contributed by atoms with Gasteiger partial charge >= 0.3 is 17.9 Å². The average molecular weight is 408 g/mol. The third-order valence-electron chi connectivity index (χ3n) is 3.83. The van der Waals surface area contributed by atoms with Crippen LogP contribution in [0.25, 0.3) is 11.2 Å². The van der Waals surface area contributed by atoms with Crippen LogP contribution in [0.5, 0.6) is 6.01 Å². The summed E-state index contributed by atoms with van der Waals surface area (Å²) in [5.74, 6) is -1.69. The standard InChI is InChI=1S/C13H20N6O2.C4H4O4/c1-3-21-9-19-8-15-10-11(18-6-4-14-5-7-18)16-13(20-2)17-12(10)19;5-3(6)1-2-4(7)8/h8,14H,3-7,9H2,1-2H3;1-2H,(H,5,6)(H,7,8)/b;2-1-. The summed E-state index contributed by atoms with van der Waals surface area (Å²) in [6.07, 6.45) is 2.85. The molecule has 1 aliphatic rings. The highest BCUT2D eigenvalue weighted by atomic mass is 16.5. The Morgan fingerprint density at radius 2 is 1.86 bits per heavy atom. The Kier molecular flexibility index (Phi) is 8.30. The number of carbonyl (C=O) groups is 2. The highest BCUT2D eigenvalue weighted by Crippen LogP contribution is 2.25. The number of nitrogens with zero attached hydrogens (tertiary/aromatic N) is 5. The zero-order valence-electron chi connectivity index (χ0n) is 16.2. The molecule has 2 aromatic rings. The van der Waals surface area contributed by atoms with Crippen LogP contribution in [0.2, 0.25) is 0 Å². The van der Waals surface area contributed by atoms with E-state index in [1.807, 2.05) is 11.5 Å². The van der Waals surface area contributed by atoms with Crippen LogP contribution in [-0.4, -0.2) is 81.6 Å². The van der Waals surface area contributed by atoms with Gasteiger partial charge in [0.2, 0.25) is 0 Å². The summed E-state index contributed by atoms with van der Waals surface area (Å²) < 4.78 is 12.5. The van der Waals surface area contributed by atoms with Crippen LogP contribution in [0.1, 0.15) is 6.92 Å². The van der Waals surface area contributed by atoms with E-state index in [9.17, 15) is 9.59 Å². The van der Waals surface area contributed by atoms with Crippen molar-refractivity contribution in [2.75, 3.05) is 44.8 Å². The molecule has 0 bridgehead atoms. The first-order chi connectivity index (χ1) is 14.0. The topological polar surface area (TPSA) is 152 Å². The number of methoxy groups -OCH3 is 1. The lowest BCUT2D eigenvalue weighted by atomic mass is 10.3. The largest absolute Gasteiger partial charge is 0.478 e. The average Bonchev–Trinajstić information content (AvgIpc) is 3.14. The second-order valence-corrected chi connectivity index (χ2v) is 5.79. The van der Waals surface area contributed by atoms with E-state index in [1.54, 1.807) is 13.4 Å². The van der Waals surface area contributed by atoms with Gasteiger partial charge in [-0.2, -0.15) is 9.97 Å². The lowest BCUT2D eigenvalue weighted by molar-refractivity contribution is -0.134. The van der Waals surface area contributed by atoms with E-state index in [2.05, 4.69) is 25.2 Å². The van der Waals surface area contributed by atoms with Gasteiger partial charge in [-0.15, -0.1) is 0 Å². The van der Waals surface area contributed by atoms with Gasteiger partial charge in [-0.05, 0) is 6.92 Å². The summed E-state index contributed by atoms with van der Waals surface area (Å²) in [4.78, 5) is 34.7. The van der Waals surface area contributed by atoms with Gasteiger partial charge in [0, 0.05) is 44.9 Å². The molecule has 0 aliphatic carbocycles. The van der Waals surface area contributed by atoms with Crippen molar-refractivity contribution in [2.24, 2.45) is 0 Å². The van der Waals surface area contributed by atoms with Crippen LogP contribution in [0.3, 0.4) is 0 Å². The number of aromatic nitrogens is 4. The molecule has 12 heteroatoms. The van der Waals surface area contributed by atoms with Crippen molar-refractivity contribution >= 4 is 28.9 Å². The van der Waals surface area contributed by atoms with Gasteiger partial charge in [0.1, 0.15) is 6.73 Å². The summed E-state index contributed by atoms with van der Waals surface area (Å²) in [6.45, 7) is 6.70. The molecule has 0 radical (unpaired) electrons. The van der Waals surface area contributed by atoms with Gasteiger partial charge in [0.25, 0.3) is 0 Å². The second-order valence-electron chi connectivity index (χ2n) is 5.79. The van der Waals surface area contributed by atoms with Gasteiger partial charge in [-0.1, -0.05) is 0 Å². The predicted molar refractivity (Wildman–Crippen MR) is 103 cm³/mol. The molecule has 0 saturated carbocycles. The van der Waals surface area contributed by atoms with Crippen molar-refractivity contribution in [3.8, 4) is 6.01 Å². The number of hydrogen-bond donors (Lipinski definition) is 3. The summed E-state index contributed by atoms with van der Waals surface area (Å²) >= 11 is 0. The van der Waals surface area contributed by atoms with E-state index in [-0.39, 0.29) is 0 Å². The molecule has 158 valence electrons. The molecular weight excluding hydrogens is 384 g/mol. The molecule has 3 heterocycles. The van der Waals surface area contributed by atoms with Crippen LogP contribution >= 0.6 is 0 Å². The summed E-state index contributed by atoms with van der Waals surface area (Å²) in [7, 11) is 1.58. The third kappa shape index (κ3) is 6.40. The minimum absolute atomic E-state index is 0.356. The second kappa shape index (κ2) is 10.9. The number of piperazine rings is 1. The fraction of sp³-hybridized carbons (Fsp3) is 0.471. The molecule has 1 saturated heterocycles. The van der Waals surface area contributed by atoms with Crippen LogP contribution in [-0.2, 0) is 21.1 Å². The third-order valence-corrected chi connectivity index (χ3v) is 3.83. The molecule has 0 spiro atoms. The maximum absolute atomic E-state index is 9.55. The number of nitrogens with one attached hydrogen (secondary N) is 1. The number of ether oxygens (including phenoxy) is 2. The molecule has 29 heavy (non-hydrogen) atoms. The number of carboxylic acid groups (broad SMARTS) is 2. The lowest BCUT2D eigenvalue weighted by Crippen LogP contribution is -2.44. The van der Waals surface area contributed by atoms with Crippen molar-refractivity contribution in [3.63, 3.8) is 0 Å². The number of imidazole rings is 1. The summed E-state index contributed by atoms with van der Waals surface area (Å²) in [5, 5.41) is 19.0. The normalized spacial score (nSPS) is 13.9. The molecule has 2 aromatic heterocycles. The first kappa shape index (κ1) is 22.0. The van der Waals surface area contributed by atoms with E-state index < -0.39 is 11.9 Å². The van der Waals surface area contributed by atoms with E-state index in [0.717, 1.165) is 43.2 Å². The molecule has 0 atom stereocenters. The molecular formula is C17H24N6O6. The molecule has 3 N–H and O–H groups in total. The molecule has 1 aliphatic heterocycles. The van der Waals surface area contributed by atoms with Gasteiger partial charge in [-0.3, -0.25) is 4.57 Å². The number of aliphatic carboxylic acids is 2.